The molecule has 0 radical (unpaired) electrons. The lowest BCUT2D eigenvalue weighted by molar-refractivity contribution is -0.146. The van der Waals surface area contributed by atoms with E-state index in [2.05, 4.69) is 4.98 Å². The summed E-state index contributed by atoms with van der Waals surface area (Å²) in [6.45, 7) is 3.94. The van der Waals surface area contributed by atoms with Crippen molar-refractivity contribution in [2.75, 3.05) is 6.61 Å². The summed E-state index contributed by atoms with van der Waals surface area (Å²) in [6, 6.07) is 5.98. The summed E-state index contributed by atoms with van der Waals surface area (Å²) >= 11 is 5.99. The zero-order valence-electron chi connectivity index (χ0n) is 16.2. The van der Waals surface area contributed by atoms with Crippen LogP contribution in [0, 0.1) is 5.92 Å². The number of esters is 1. The summed E-state index contributed by atoms with van der Waals surface area (Å²) in [7, 11) is 0. The van der Waals surface area contributed by atoms with Gasteiger partial charge in [0.25, 0.3) is 5.56 Å². The van der Waals surface area contributed by atoms with E-state index in [0.717, 1.165) is 12.8 Å². The van der Waals surface area contributed by atoms with Crippen molar-refractivity contribution in [1.82, 2.24) is 18.7 Å². The quantitative estimate of drug-likeness (QED) is 0.576. The molecule has 1 aliphatic rings. The molecule has 2 aromatic heterocycles. The van der Waals surface area contributed by atoms with E-state index in [4.69, 9.17) is 16.3 Å². The average Bonchev–Trinajstić information content (AvgIpc) is 3.42. The van der Waals surface area contributed by atoms with Crippen LogP contribution in [0.5, 0.6) is 0 Å². The number of rotatable bonds is 6. The van der Waals surface area contributed by atoms with Gasteiger partial charge in [-0.05, 0) is 56.9 Å². The van der Waals surface area contributed by atoms with Gasteiger partial charge in [-0.3, -0.25) is 9.36 Å². The van der Waals surface area contributed by atoms with E-state index in [0.29, 0.717) is 23.2 Å². The average molecular weight is 417 g/mol. The van der Waals surface area contributed by atoms with Crippen LogP contribution < -0.4 is 11.2 Å². The third-order valence-electron chi connectivity index (χ3n) is 5.12. The SMILES string of the molecule is CCOC(=O)[C@@H](C)n1cnc2c1c(=O)n(CC1CC1)c(=O)n2-c1ccc(Cl)cc1. The Morgan fingerprint density at radius 1 is 1.28 bits per heavy atom. The van der Waals surface area contributed by atoms with Crippen molar-refractivity contribution in [1.29, 1.82) is 0 Å². The molecule has 0 aliphatic heterocycles. The Labute approximate surface area is 171 Å². The van der Waals surface area contributed by atoms with Gasteiger partial charge in [-0.15, -0.1) is 0 Å². The van der Waals surface area contributed by atoms with Gasteiger partial charge in [-0.1, -0.05) is 11.6 Å². The molecule has 0 amide bonds. The minimum atomic E-state index is -0.752. The zero-order chi connectivity index (χ0) is 20.7. The first-order chi connectivity index (χ1) is 13.9. The van der Waals surface area contributed by atoms with E-state index in [1.165, 1.54) is 20.0 Å². The molecule has 0 saturated heterocycles. The third kappa shape index (κ3) is 3.48. The summed E-state index contributed by atoms with van der Waals surface area (Å²) in [5, 5.41) is 0.533. The van der Waals surface area contributed by atoms with Gasteiger partial charge < -0.3 is 9.30 Å². The van der Waals surface area contributed by atoms with Crippen molar-refractivity contribution in [2.45, 2.75) is 39.3 Å². The number of benzene rings is 1. The van der Waals surface area contributed by atoms with Crippen molar-refractivity contribution >= 4 is 28.7 Å². The fourth-order valence-corrected chi connectivity index (χ4v) is 3.49. The first-order valence-corrected chi connectivity index (χ1v) is 9.95. The van der Waals surface area contributed by atoms with Crippen LogP contribution in [-0.2, 0) is 16.1 Å². The maximum Gasteiger partial charge on any atom is 0.337 e. The highest BCUT2D eigenvalue weighted by molar-refractivity contribution is 6.30. The molecular formula is C20H21ClN4O4. The summed E-state index contributed by atoms with van der Waals surface area (Å²) < 4.78 is 9.20. The molecule has 1 aromatic carbocycles. The first-order valence-electron chi connectivity index (χ1n) is 9.57. The molecule has 1 atom stereocenters. The monoisotopic (exact) mass is 416 g/mol. The number of hydrogen-bond acceptors (Lipinski definition) is 5. The fourth-order valence-electron chi connectivity index (χ4n) is 3.36. The fraction of sp³-hybridized carbons (Fsp3) is 0.400. The normalized spacial score (nSPS) is 14.9. The van der Waals surface area contributed by atoms with E-state index in [1.54, 1.807) is 38.1 Å². The van der Waals surface area contributed by atoms with Crippen LogP contribution in [0.4, 0.5) is 0 Å². The highest BCUT2D eigenvalue weighted by Crippen LogP contribution is 2.30. The molecule has 152 valence electrons. The topological polar surface area (TPSA) is 88.1 Å². The Kier molecular flexibility index (Phi) is 5.04. The minimum Gasteiger partial charge on any atom is -0.464 e. The Bertz CT molecular complexity index is 1190. The predicted molar refractivity (Wildman–Crippen MR) is 109 cm³/mol. The van der Waals surface area contributed by atoms with Crippen LogP contribution in [0.25, 0.3) is 16.9 Å². The van der Waals surface area contributed by atoms with Crippen molar-refractivity contribution < 1.29 is 9.53 Å². The number of halogens is 1. The van der Waals surface area contributed by atoms with E-state index < -0.39 is 23.3 Å². The van der Waals surface area contributed by atoms with E-state index >= 15 is 0 Å². The molecule has 0 N–H and O–H groups in total. The van der Waals surface area contributed by atoms with Crippen molar-refractivity contribution in [2.24, 2.45) is 5.92 Å². The van der Waals surface area contributed by atoms with Crippen LogP contribution in [0.15, 0.2) is 40.2 Å². The third-order valence-corrected chi connectivity index (χ3v) is 5.38. The van der Waals surface area contributed by atoms with Gasteiger partial charge in [0.2, 0.25) is 0 Å². The maximum atomic E-state index is 13.2. The second-order valence-corrected chi connectivity index (χ2v) is 7.64. The second-order valence-electron chi connectivity index (χ2n) is 7.21. The lowest BCUT2D eigenvalue weighted by atomic mass is 10.3. The van der Waals surface area contributed by atoms with Crippen molar-refractivity contribution in [3.05, 3.63) is 56.5 Å². The predicted octanol–water partition coefficient (Wildman–Crippen LogP) is 2.54. The first kappa shape index (κ1) is 19.4. The van der Waals surface area contributed by atoms with Crippen LogP contribution in [0.1, 0.15) is 32.7 Å². The molecule has 1 fully saturated rings. The molecule has 0 unspecified atom stereocenters. The Morgan fingerprint density at radius 2 is 1.97 bits per heavy atom. The Balaban J connectivity index is 1.99. The summed E-state index contributed by atoms with van der Waals surface area (Å²) in [5.41, 5.74) is 0.0378. The number of fused-ring (bicyclic) bond motifs is 1. The minimum absolute atomic E-state index is 0.195. The molecule has 1 saturated carbocycles. The summed E-state index contributed by atoms with van der Waals surface area (Å²) in [5.74, 6) is -0.153. The smallest absolute Gasteiger partial charge is 0.337 e. The lowest BCUT2D eigenvalue weighted by Crippen LogP contribution is -2.41. The zero-order valence-corrected chi connectivity index (χ0v) is 16.9. The van der Waals surface area contributed by atoms with E-state index in [1.807, 2.05) is 0 Å². The molecule has 1 aliphatic carbocycles. The van der Waals surface area contributed by atoms with Crippen molar-refractivity contribution in [3.8, 4) is 5.69 Å². The van der Waals surface area contributed by atoms with Gasteiger partial charge in [-0.2, -0.15) is 0 Å². The van der Waals surface area contributed by atoms with Gasteiger partial charge in [0, 0.05) is 11.6 Å². The molecule has 3 aromatic rings. The molecule has 0 bridgehead atoms. The van der Waals surface area contributed by atoms with Gasteiger partial charge in [0.05, 0.1) is 18.6 Å². The van der Waals surface area contributed by atoms with Crippen LogP contribution in [0.2, 0.25) is 5.02 Å². The maximum absolute atomic E-state index is 13.2. The Hall–Kier alpha value is -2.87. The number of aromatic nitrogens is 4. The number of nitrogens with zero attached hydrogens (tertiary/aromatic N) is 4. The van der Waals surface area contributed by atoms with Crippen LogP contribution in [-0.4, -0.2) is 31.3 Å². The molecule has 0 spiro atoms. The Morgan fingerprint density at radius 3 is 2.59 bits per heavy atom. The van der Waals surface area contributed by atoms with Crippen LogP contribution in [0.3, 0.4) is 0 Å². The second kappa shape index (κ2) is 7.51. The van der Waals surface area contributed by atoms with Gasteiger partial charge in [0.1, 0.15) is 6.04 Å². The molecule has 8 nitrogen and oxygen atoms in total. The molecule has 9 heteroatoms. The summed E-state index contributed by atoms with van der Waals surface area (Å²) in [4.78, 5) is 43.0. The lowest BCUT2D eigenvalue weighted by Gasteiger charge is -2.15. The van der Waals surface area contributed by atoms with Gasteiger partial charge >= 0.3 is 11.7 Å². The number of carbonyl (C=O) groups is 1. The highest BCUT2D eigenvalue weighted by Gasteiger charge is 2.28. The number of ether oxygens (including phenoxy) is 1. The molecule has 2 heterocycles. The summed E-state index contributed by atoms with van der Waals surface area (Å²) in [6.07, 6.45) is 3.38. The number of hydrogen-bond donors (Lipinski definition) is 0. The molecular weight excluding hydrogens is 396 g/mol. The number of imidazole rings is 1. The molecule has 4 rings (SSSR count). The highest BCUT2D eigenvalue weighted by atomic mass is 35.5. The van der Waals surface area contributed by atoms with E-state index in [-0.39, 0.29) is 17.8 Å². The van der Waals surface area contributed by atoms with Gasteiger partial charge in [-0.25, -0.2) is 19.1 Å². The standard InChI is InChI=1S/C20H21ClN4O4/c1-3-29-19(27)12(2)24-11-22-17-16(24)18(26)23(10-13-4-5-13)20(28)25(17)15-8-6-14(21)7-9-15/h6-9,11-13H,3-5,10H2,1-2H3/t12-/m1/s1. The largest absolute Gasteiger partial charge is 0.464 e. The van der Waals surface area contributed by atoms with E-state index in [9.17, 15) is 14.4 Å². The number of carbonyl (C=O) groups excluding carboxylic acids is 1. The molecule has 29 heavy (non-hydrogen) atoms. The van der Waals surface area contributed by atoms with Crippen molar-refractivity contribution in [3.63, 3.8) is 0 Å². The van der Waals surface area contributed by atoms with Gasteiger partial charge in [0.15, 0.2) is 11.2 Å². The van der Waals surface area contributed by atoms with Crippen LogP contribution >= 0.6 is 11.6 Å².